The smallest absolute Gasteiger partial charge is 0.255 e. The first-order chi connectivity index (χ1) is 14.1. The van der Waals surface area contributed by atoms with Crippen LogP contribution < -0.4 is 15.4 Å². The second-order valence-corrected chi connectivity index (χ2v) is 6.63. The third-order valence-corrected chi connectivity index (χ3v) is 4.51. The Morgan fingerprint density at radius 3 is 2.34 bits per heavy atom. The van der Waals surface area contributed by atoms with Gasteiger partial charge in [0.1, 0.15) is 5.75 Å². The Bertz CT molecular complexity index is 1000. The topological polar surface area (TPSA) is 67.4 Å². The molecule has 0 heterocycles. The lowest BCUT2D eigenvalue weighted by atomic mass is 10.0. The van der Waals surface area contributed by atoms with Crippen LogP contribution in [0.25, 0.3) is 0 Å². The van der Waals surface area contributed by atoms with Crippen molar-refractivity contribution in [2.75, 3.05) is 17.7 Å². The Hall–Kier alpha value is -3.60. The molecule has 0 spiro atoms. The van der Waals surface area contributed by atoms with Crippen LogP contribution in [0.5, 0.6) is 5.75 Å². The molecule has 0 fully saturated rings. The van der Waals surface area contributed by atoms with Gasteiger partial charge in [-0.05, 0) is 42.0 Å². The maximum Gasteiger partial charge on any atom is 0.255 e. The van der Waals surface area contributed by atoms with Crippen molar-refractivity contribution in [2.45, 2.75) is 19.8 Å². The number of carbonyl (C=O) groups excluding carboxylic acids is 2. The zero-order chi connectivity index (χ0) is 20.6. The molecule has 0 aliphatic carbocycles. The summed E-state index contributed by atoms with van der Waals surface area (Å²) in [5.41, 5.74) is 3.90. The minimum Gasteiger partial charge on any atom is -0.496 e. The Morgan fingerprint density at radius 1 is 0.862 bits per heavy atom. The van der Waals surface area contributed by atoms with Gasteiger partial charge in [-0.1, -0.05) is 43.3 Å². The number of methoxy groups -OCH3 is 1. The van der Waals surface area contributed by atoms with Crippen LogP contribution in [0.4, 0.5) is 11.4 Å². The summed E-state index contributed by atoms with van der Waals surface area (Å²) >= 11 is 0. The third kappa shape index (κ3) is 5.45. The number of hydrogen-bond acceptors (Lipinski definition) is 3. The van der Waals surface area contributed by atoms with E-state index in [1.54, 1.807) is 38.3 Å². The molecule has 148 valence electrons. The van der Waals surface area contributed by atoms with Crippen molar-refractivity contribution < 1.29 is 14.3 Å². The van der Waals surface area contributed by atoms with E-state index in [0.29, 0.717) is 29.8 Å². The SMILES string of the molecule is CCC(=O)Nc1cccc(C(=O)Nc2ccc(OC)c(Cc3ccccc3)c2)c1. The molecule has 0 aliphatic rings. The van der Waals surface area contributed by atoms with E-state index >= 15 is 0 Å². The van der Waals surface area contributed by atoms with Gasteiger partial charge in [0.25, 0.3) is 5.91 Å². The van der Waals surface area contributed by atoms with E-state index in [9.17, 15) is 9.59 Å². The second kappa shape index (κ2) is 9.55. The van der Waals surface area contributed by atoms with Gasteiger partial charge in [0.05, 0.1) is 7.11 Å². The average Bonchev–Trinajstić information content (AvgIpc) is 2.75. The number of amides is 2. The summed E-state index contributed by atoms with van der Waals surface area (Å²) in [6.07, 6.45) is 1.08. The molecular formula is C24H24N2O3. The van der Waals surface area contributed by atoms with Crippen molar-refractivity contribution in [1.29, 1.82) is 0 Å². The Labute approximate surface area is 170 Å². The van der Waals surface area contributed by atoms with Crippen LogP contribution in [-0.2, 0) is 11.2 Å². The molecule has 3 aromatic rings. The molecular weight excluding hydrogens is 364 g/mol. The number of hydrogen-bond donors (Lipinski definition) is 2. The van der Waals surface area contributed by atoms with Crippen molar-refractivity contribution in [2.24, 2.45) is 0 Å². The highest BCUT2D eigenvalue weighted by Crippen LogP contribution is 2.26. The quantitative estimate of drug-likeness (QED) is 0.606. The van der Waals surface area contributed by atoms with Crippen LogP contribution in [0.3, 0.4) is 0 Å². The number of benzene rings is 3. The number of ether oxygens (including phenoxy) is 1. The predicted octanol–water partition coefficient (Wildman–Crippen LogP) is 4.89. The summed E-state index contributed by atoms with van der Waals surface area (Å²) in [6.45, 7) is 1.78. The molecule has 2 amide bonds. The minimum atomic E-state index is -0.242. The summed E-state index contributed by atoms with van der Waals surface area (Å²) in [5, 5.41) is 5.69. The lowest BCUT2D eigenvalue weighted by Gasteiger charge is -2.12. The summed E-state index contributed by atoms with van der Waals surface area (Å²) in [4.78, 5) is 24.3. The Morgan fingerprint density at radius 2 is 1.62 bits per heavy atom. The minimum absolute atomic E-state index is 0.0942. The van der Waals surface area contributed by atoms with Crippen molar-refractivity contribution in [3.05, 3.63) is 89.5 Å². The second-order valence-electron chi connectivity index (χ2n) is 6.63. The molecule has 0 bridgehead atoms. The van der Waals surface area contributed by atoms with Crippen LogP contribution in [0.2, 0.25) is 0 Å². The van der Waals surface area contributed by atoms with Crippen LogP contribution in [0, 0.1) is 0 Å². The van der Waals surface area contributed by atoms with E-state index in [0.717, 1.165) is 16.9 Å². The highest BCUT2D eigenvalue weighted by molar-refractivity contribution is 6.05. The van der Waals surface area contributed by atoms with E-state index in [1.807, 2.05) is 36.4 Å². The fraction of sp³-hybridized carbons (Fsp3) is 0.167. The van der Waals surface area contributed by atoms with Gasteiger partial charge >= 0.3 is 0 Å². The molecule has 0 saturated carbocycles. The number of carbonyl (C=O) groups is 2. The first-order valence-electron chi connectivity index (χ1n) is 9.51. The van der Waals surface area contributed by atoms with Gasteiger partial charge < -0.3 is 15.4 Å². The van der Waals surface area contributed by atoms with Crippen LogP contribution >= 0.6 is 0 Å². The van der Waals surface area contributed by atoms with Crippen LogP contribution in [0.1, 0.15) is 34.8 Å². The van der Waals surface area contributed by atoms with Crippen molar-refractivity contribution in [1.82, 2.24) is 0 Å². The molecule has 3 rings (SSSR count). The monoisotopic (exact) mass is 388 g/mol. The maximum atomic E-state index is 12.7. The van der Waals surface area contributed by atoms with Crippen molar-refractivity contribution in [3.63, 3.8) is 0 Å². The first kappa shape index (κ1) is 20.1. The molecule has 0 unspecified atom stereocenters. The molecule has 0 radical (unpaired) electrons. The molecule has 0 aromatic heterocycles. The molecule has 0 aliphatic heterocycles. The van der Waals surface area contributed by atoms with Gasteiger partial charge in [0.15, 0.2) is 0 Å². The maximum absolute atomic E-state index is 12.7. The van der Waals surface area contributed by atoms with E-state index in [4.69, 9.17) is 4.74 Å². The standard InChI is InChI=1S/C24H24N2O3/c1-3-23(27)25-20-11-7-10-18(15-20)24(28)26-21-12-13-22(29-2)19(16-21)14-17-8-5-4-6-9-17/h4-13,15-16H,3,14H2,1-2H3,(H,25,27)(H,26,28). The van der Waals surface area contributed by atoms with E-state index in [-0.39, 0.29) is 11.8 Å². The summed E-state index contributed by atoms with van der Waals surface area (Å²) in [7, 11) is 1.64. The lowest BCUT2D eigenvalue weighted by molar-refractivity contribution is -0.115. The number of nitrogens with one attached hydrogen (secondary N) is 2. The summed E-state index contributed by atoms with van der Waals surface area (Å²) in [5.74, 6) is 0.438. The van der Waals surface area contributed by atoms with Gasteiger partial charge in [0.2, 0.25) is 5.91 Å². The van der Waals surface area contributed by atoms with E-state index < -0.39 is 0 Å². The molecule has 29 heavy (non-hydrogen) atoms. The highest BCUT2D eigenvalue weighted by atomic mass is 16.5. The first-order valence-corrected chi connectivity index (χ1v) is 9.51. The van der Waals surface area contributed by atoms with Crippen molar-refractivity contribution >= 4 is 23.2 Å². The average molecular weight is 388 g/mol. The molecule has 0 atom stereocenters. The van der Waals surface area contributed by atoms with Gasteiger partial charge in [0, 0.05) is 35.3 Å². The Kier molecular flexibility index (Phi) is 6.63. The molecule has 5 nitrogen and oxygen atoms in total. The molecule has 0 saturated heterocycles. The fourth-order valence-electron chi connectivity index (χ4n) is 3.00. The summed E-state index contributed by atoms with van der Waals surface area (Å²) in [6, 6.07) is 22.6. The third-order valence-electron chi connectivity index (χ3n) is 4.51. The zero-order valence-electron chi connectivity index (χ0n) is 16.6. The molecule has 2 N–H and O–H groups in total. The lowest BCUT2D eigenvalue weighted by Crippen LogP contribution is -2.14. The zero-order valence-corrected chi connectivity index (χ0v) is 16.6. The summed E-state index contributed by atoms with van der Waals surface area (Å²) < 4.78 is 5.47. The van der Waals surface area contributed by atoms with Crippen LogP contribution in [-0.4, -0.2) is 18.9 Å². The van der Waals surface area contributed by atoms with Gasteiger partial charge in [-0.3, -0.25) is 9.59 Å². The fourth-order valence-corrected chi connectivity index (χ4v) is 3.00. The van der Waals surface area contributed by atoms with Crippen LogP contribution in [0.15, 0.2) is 72.8 Å². The number of rotatable bonds is 7. The molecule has 5 heteroatoms. The number of anilines is 2. The highest BCUT2D eigenvalue weighted by Gasteiger charge is 2.11. The van der Waals surface area contributed by atoms with Gasteiger partial charge in [-0.2, -0.15) is 0 Å². The Balaban J connectivity index is 1.77. The van der Waals surface area contributed by atoms with E-state index in [2.05, 4.69) is 22.8 Å². The van der Waals surface area contributed by atoms with E-state index in [1.165, 1.54) is 0 Å². The van der Waals surface area contributed by atoms with Gasteiger partial charge in [-0.25, -0.2) is 0 Å². The predicted molar refractivity (Wildman–Crippen MR) is 116 cm³/mol. The normalized spacial score (nSPS) is 10.3. The molecule has 3 aromatic carbocycles. The van der Waals surface area contributed by atoms with Crippen molar-refractivity contribution in [3.8, 4) is 5.75 Å². The largest absolute Gasteiger partial charge is 0.496 e. The van der Waals surface area contributed by atoms with Gasteiger partial charge in [-0.15, -0.1) is 0 Å².